The number of likely N-dealkylation sites (tertiary alicyclic amines) is 1. The number of hydrogen-bond donors (Lipinski definition) is 1. The van der Waals surface area contributed by atoms with Gasteiger partial charge in [-0.3, -0.25) is 4.90 Å². The molecular weight excluding hydrogens is 262 g/mol. The van der Waals surface area contributed by atoms with Crippen molar-refractivity contribution in [2.45, 2.75) is 57.6 Å². The minimum Gasteiger partial charge on any atom is -0.493 e. The number of rotatable bonds is 4. The molecule has 2 heterocycles. The van der Waals surface area contributed by atoms with E-state index in [1.165, 1.54) is 18.4 Å². The van der Waals surface area contributed by atoms with Gasteiger partial charge in [0, 0.05) is 11.1 Å². The van der Waals surface area contributed by atoms with Crippen molar-refractivity contribution in [2.24, 2.45) is 0 Å². The zero-order valence-corrected chi connectivity index (χ0v) is 13.3. The molecule has 2 atom stereocenters. The van der Waals surface area contributed by atoms with Crippen LogP contribution in [-0.2, 0) is 6.42 Å². The Hall–Kier alpha value is -1.06. The van der Waals surface area contributed by atoms with Gasteiger partial charge in [0.05, 0.1) is 6.61 Å². The molecule has 1 fully saturated rings. The van der Waals surface area contributed by atoms with Crippen molar-refractivity contribution in [1.82, 2.24) is 4.90 Å². The summed E-state index contributed by atoms with van der Waals surface area (Å²) in [6.45, 7) is 7.33. The number of fused-ring (bicyclic) bond motifs is 1. The van der Waals surface area contributed by atoms with Crippen LogP contribution in [-0.4, -0.2) is 35.2 Å². The van der Waals surface area contributed by atoms with E-state index in [9.17, 15) is 5.11 Å². The van der Waals surface area contributed by atoms with Crippen molar-refractivity contribution in [1.29, 1.82) is 0 Å². The van der Waals surface area contributed by atoms with Crippen molar-refractivity contribution >= 4 is 0 Å². The van der Waals surface area contributed by atoms with Crippen LogP contribution < -0.4 is 4.74 Å². The van der Waals surface area contributed by atoms with E-state index in [1.807, 2.05) is 6.07 Å². The minimum absolute atomic E-state index is 0.202. The molecule has 0 amide bonds. The number of aliphatic hydroxyl groups is 1. The maximum absolute atomic E-state index is 11.1. The third kappa shape index (κ3) is 2.58. The number of para-hydroxylation sites is 1. The highest BCUT2D eigenvalue weighted by molar-refractivity contribution is 5.45. The first-order valence-electron chi connectivity index (χ1n) is 8.34. The van der Waals surface area contributed by atoms with E-state index in [4.69, 9.17) is 4.74 Å². The molecule has 1 N–H and O–H groups in total. The molecule has 1 aromatic carbocycles. The number of benzene rings is 1. The SMILES string of the molecule is CCC(C)(C(O)c1cccc2c1OCCC2)N1CCCC1. The Morgan fingerprint density at radius 1 is 1.29 bits per heavy atom. The normalized spacial score (nSPS) is 23.2. The van der Waals surface area contributed by atoms with Crippen LogP contribution in [0.1, 0.15) is 56.8 Å². The van der Waals surface area contributed by atoms with Gasteiger partial charge >= 0.3 is 0 Å². The molecule has 21 heavy (non-hydrogen) atoms. The zero-order valence-electron chi connectivity index (χ0n) is 13.3. The van der Waals surface area contributed by atoms with Gasteiger partial charge in [-0.1, -0.05) is 25.1 Å². The van der Waals surface area contributed by atoms with Crippen LogP contribution in [0.3, 0.4) is 0 Å². The topological polar surface area (TPSA) is 32.7 Å². The van der Waals surface area contributed by atoms with Gasteiger partial charge in [-0.15, -0.1) is 0 Å². The second-order valence-electron chi connectivity index (χ2n) is 6.59. The van der Waals surface area contributed by atoms with Gasteiger partial charge in [-0.2, -0.15) is 0 Å². The first-order valence-corrected chi connectivity index (χ1v) is 8.34. The zero-order chi connectivity index (χ0) is 14.9. The molecule has 0 radical (unpaired) electrons. The van der Waals surface area contributed by atoms with Crippen LogP contribution >= 0.6 is 0 Å². The summed E-state index contributed by atoms with van der Waals surface area (Å²) in [5.74, 6) is 0.940. The second kappa shape index (κ2) is 5.98. The number of hydrogen-bond acceptors (Lipinski definition) is 3. The summed E-state index contributed by atoms with van der Waals surface area (Å²) in [5, 5.41) is 11.1. The third-order valence-electron chi connectivity index (χ3n) is 5.39. The van der Waals surface area contributed by atoms with Crippen molar-refractivity contribution in [3.63, 3.8) is 0 Å². The van der Waals surface area contributed by atoms with Crippen molar-refractivity contribution in [3.8, 4) is 5.75 Å². The number of nitrogens with zero attached hydrogens (tertiary/aromatic N) is 1. The van der Waals surface area contributed by atoms with Crippen LogP contribution in [0, 0.1) is 0 Å². The first kappa shape index (κ1) is 14.9. The summed E-state index contributed by atoms with van der Waals surface area (Å²) in [4.78, 5) is 2.46. The highest BCUT2D eigenvalue weighted by Crippen LogP contribution is 2.41. The van der Waals surface area contributed by atoms with E-state index >= 15 is 0 Å². The number of aliphatic hydroxyl groups excluding tert-OH is 1. The molecule has 0 spiro atoms. The maximum atomic E-state index is 11.1. The first-order chi connectivity index (χ1) is 10.2. The lowest BCUT2D eigenvalue weighted by molar-refractivity contribution is -0.0156. The van der Waals surface area contributed by atoms with E-state index in [-0.39, 0.29) is 5.54 Å². The van der Waals surface area contributed by atoms with Crippen LogP contribution in [0.2, 0.25) is 0 Å². The predicted octanol–water partition coefficient (Wildman–Crippen LogP) is 3.31. The lowest BCUT2D eigenvalue weighted by Crippen LogP contribution is -2.49. The van der Waals surface area contributed by atoms with E-state index in [0.717, 1.165) is 50.3 Å². The molecule has 0 bridgehead atoms. The Morgan fingerprint density at radius 2 is 2.05 bits per heavy atom. The fraction of sp³-hybridized carbons (Fsp3) is 0.667. The maximum Gasteiger partial charge on any atom is 0.128 e. The Kier molecular flexibility index (Phi) is 4.23. The minimum atomic E-state index is -0.492. The summed E-state index contributed by atoms with van der Waals surface area (Å²) in [6.07, 6.45) is 5.06. The van der Waals surface area contributed by atoms with Gasteiger partial charge in [0.1, 0.15) is 11.9 Å². The third-order valence-corrected chi connectivity index (χ3v) is 5.39. The molecule has 0 aromatic heterocycles. The van der Waals surface area contributed by atoms with Crippen molar-refractivity contribution < 1.29 is 9.84 Å². The summed E-state index contributed by atoms with van der Waals surface area (Å²) in [7, 11) is 0. The average Bonchev–Trinajstić information content (AvgIpc) is 3.08. The van der Waals surface area contributed by atoms with Gasteiger partial charge in [-0.25, -0.2) is 0 Å². The fourth-order valence-electron chi connectivity index (χ4n) is 3.78. The lowest BCUT2D eigenvalue weighted by Gasteiger charge is -2.42. The van der Waals surface area contributed by atoms with E-state index in [2.05, 4.69) is 30.9 Å². The molecule has 1 saturated heterocycles. The van der Waals surface area contributed by atoms with Gasteiger partial charge in [0.2, 0.25) is 0 Å². The molecule has 3 nitrogen and oxygen atoms in total. The predicted molar refractivity (Wildman–Crippen MR) is 84.7 cm³/mol. The summed E-state index contributed by atoms with van der Waals surface area (Å²) in [5.41, 5.74) is 2.02. The highest BCUT2D eigenvalue weighted by atomic mass is 16.5. The molecule has 0 aliphatic carbocycles. The Labute approximate surface area is 127 Å². The largest absolute Gasteiger partial charge is 0.493 e. The van der Waals surface area contributed by atoms with Crippen LogP contribution in [0.15, 0.2) is 18.2 Å². The smallest absolute Gasteiger partial charge is 0.128 e. The Morgan fingerprint density at radius 3 is 2.76 bits per heavy atom. The van der Waals surface area contributed by atoms with E-state index in [1.54, 1.807) is 0 Å². The van der Waals surface area contributed by atoms with Gasteiger partial charge in [0.15, 0.2) is 0 Å². The number of ether oxygens (including phenoxy) is 1. The summed E-state index contributed by atoms with van der Waals surface area (Å²) < 4.78 is 5.90. The van der Waals surface area contributed by atoms with E-state index in [0.29, 0.717) is 0 Å². The van der Waals surface area contributed by atoms with Gasteiger partial charge in [-0.05, 0) is 57.7 Å². The molecule has 2 unspecified atom stereocenters. The molecule has 2 aliphatic rings. The van der Waals surface area contributed by atoms with E-state index < -0.39 is 6.10 Å². The fourth-order valence-corrected chi connectivity index (χ4v) is 3.78. The van der Waals surface area contributed by atoms with Crippen LogP contribution in [0.5, 0.6) is 5.75 Å². The molecule has 3 heteroatoms. The Balaban J connectivity index is 1.95. The summed E-state index contributed by atoms with van der Waals surface area (Å²) >= 11 is 0. The molecule has 1 aromatic rings. The van der Waals surface area contributed by atoms with Crippen molar-refractivity contribution in [2.75, 3.05) is 19.7 Å². The van der Waals surface area contributed by atoms with Crippen LogP contribution in [0.4, 0.5) is 0 Å². The molecular formula is C18H27NO2. The summed E-state index contributed by atoms with van der Waals surface area (Å²) in [6, 6.07) is 6.23. The van der Waals surface area contributed by atoms with Gasteiger partial charge in [0.25, 0.3) is 0 Å². The van der Waals surface area contributed by atoms with Crippen molar-refractivity contribution in [3.05, 3.63) is 29.3 Å². The molecule has 2 aliphatic heterocycles. The number of aryl methyl sites for hydroxylation is 1. The molecule has 3 rings (SSSR count). The van der Waals surface area contributed by atoms with Gasteiger partial charge < -0.3 is 9.84 Å². The standard InChI is InChI=1S/C18H27NO2/c1-3-18(2,19-11-4-5-12-19)17(20)15-10-6-8-14-9-7-13-21-16(14)15/h6,8,10,17,20H,3-5,7,9,11-13H2,1-2H3. The lowest BCUT2D eigenvalue weighted by atomic mass is 9.84. The van der Waals surface area contributed by atoms with Crippen LogP contribution in [0.25, 0.3) is 0 Å². The Bertz CT molecular complexity index is 496. The quantitative estimate of drug-likeness (QED) is 0.923. The second-order valence-corrected chi connectivity index (χ2v) is 6.59. The monoisotopic (exact) mass is 289 g/mol. The average molecular weight is 289 g/mol. The molecule has 116 valence electrons. The highest BCUT2D eigenvalue weighted by Gasteiger charge is 2.40. The molecule has 0 saturated carbocycles.